The number of likely N-dealkylation sites (tertiary alicyclic amines) is 4. The zero-order chi connectivity index (χ0) is 105. The molecule has 0 bridgehead atoms. The molecule has 34 nitrogen and oxygen atoms in total. The minimum absolute atomic E-state index is 0.00154. The molecule has 8 aromatic heterocycles. The van der Waals surface area contributed by atoms with Crippen molar-refractivity contribution < 1.29 is 75.5 Å². The van der Waals surface area contributed by atoms with E-state index in [0.717, 1.165) is 204 Å². The van der Waals surface area contributed by atoms with Crippen LogP contribution in [0.5, 0.6) is 0 Å². The van der Waals surface area contributed by atoms with Crippen LogP contribution in [0.15, 0.2) is 74.4 Å². The molecule has 0 unspecified atom stereocenters. The number of methoxy groups -OCH3 is 2. The molecule has 0 radical (unpaired) electrons. The number of alkyl halides is 3. The van der Waals surface area contributed by atoms with Crippen molar-refractivity contribution in [3.63, 3.8) is 0 Å². The van der Waals surface area contributed by atoms with Crippen LogP contribution < -0.4 is 25.3 Å². The van der Waals surface area contributed by atoms with Gasteiger partial charge >= 0.3 is 24.5 Å². The molecule has 5 saturated heterocycles. The number of nitrogens with zero attached hydrogens (tertiary/aromatic N) is 15. The number of ether oxygens (including phenoxy) is 5. The first-order valence-electron chi connectivity index (χ1n) is 51.8. The molecule has 10 fully saturated rings. The number of rotatable bonds is 13. The molecule has 18 rings (SSSR count). The Hall–Kier alpha value is -9.66. The van der Waals surface area contributed by atoms with Gasteiger partial charge in [-0.25, -0.2) is 54.3 Å². The van der Waals surface area contributed by atoms with E-state index in [1.807, 2.05) is 107 Å². The first-order valence-corrected chi connectivity index (χ1v) is 52.5. The number of halogens is 5. The van der Waals surface area contributed by atoms with Gasteiger partial charge in [0.25, 0.3) is 0 Å². The van der Waals surface area contributed by atoms with Gasteiger partial charge in [0.1, 0.15) is 106 Å². The summed E-state index contributed by atoms with van der Waals surface area (Å²) in [6.07, 6.45) is 44.7. The number of aldehydes is 1. The quantitative estimate of drug-likeness (QED) is 0.0244. The van der Waals surface area contributed by atoms with Gasteiger partial charge in [0.15, 0.2) is 0 Å². The summed E-state index contributed by atoms with van der Waals surface area (Å²) >= 11 is 10.5. The largest absolute Gasteiger partial charge is 0.446 e. The number of H-pyrrole nitrogens is 4. The van der Waals surface area contributed by atoms with E-state index in [4.69, 9.17) is 52.1 Å². The van der Waals surface area contributed by atoms with Gasteiger partial charge in [0, 0.05) is 156 Å². The maximum absolute atomic E-state index is 12.4. The van der Waals surface area contributed by atoms with E-state index in [0.29, 0.717) is 68.8 Å². The zero-order valence-corrected chi connectivity index (χ0v) is 89.6. The Labute approximate surface area is 857 Å². The Bertz CT molecular complexity index is 5260. The fourth-order valence-electron chi connectivity index (χ4n) is 21.8. The predicted molar refractivity (Wildman–Crippen MR) is 557 cm³/mol. The van der Waals surface area contributed by atoms with Crippen LogP contribution in [0.2, 0.25) is 5.15 Å². The monoisotopic (exact) mass is 2050 g/mol. The molecule has 144 heavy (non-hydrogen) atoms. The summed E-state index contributed by atoms with van der Waals surface area (Å²) in [5.74, 6) is 3.62. The van der Waals surface area contributed by atoms with Gasteiger partial charge in [-0.3, -0.25) is 19.2 Å². The van der Waals surface area contributed by atoms with Crippen molar-refractivity contribution in [3.8, 4) is 0 Å². The van der Waals surface area contributed by atoms with Gasteiger partial charge in [-0.15, -0.1) is 0 Å². The summed E-state index contributed by atoms with van der Waals surface area (Å²) in [5, 5.41) is 19.2. The van der Waals surface area contributed by atoms with Crippen molar-refractivity contribution in [2.75, 3.05) is 142 Å². The Kier molecular flexibility index (Phi) is 43.4. The van der Waals surface area contributed by atoms with E-state index in [-0.39, 0.29) is 37.4 Å². The number of aliphatic hydroxyl groups excluding tert-OH is 1. The minimum Gasteiger partial charge on any atom is -0.444 e. The highest BCUT2D eigenvalue weighted by Gasteiger charge is 2.46. The first-order chi connectivity index (χ1) is 68.4. The number of unbranched alkanes of at least 4 members (excludes halogenated alkanes) is 1. The Balaban J connectivity index is 0.000000174. The highest BCUT2D eigenvalue weighted by Crippen LogP contribution is 2.51. The molecule has 5 aliphatic carbocycles. The average molecular weight is 2050 g/mol. The maximum atomic E-state index is 12.4. The molecule has 39 heteroatoms. The molecular weight excluding hydrogens is 1890 g/mol. The summed E-state index contributed by atoms with van der Waals surface area (Å²) in [4.78, 5) is 140. The van der Waals surface area contributed by atoms with Gasteiger partial charge in [-0.05, 0) is 332 Å². The highest BCUT2D eigenvalue weighted by molar-refractivity contribution is 6.63. The lowest BCUT2D eigenvalue weighted by atomic mass is 9.66. The standard InChI is InChI=1S/C22H33N5O2.C20H29N5O2.C17H25N5.C16H30N2O2.C15H25NO3.C6H4ClN3.C4H10O.C3H5ClO2.C2HF3O/c1-21(2,3)29-20(28)27-13-10-22(11-14-27)8-5-16(6-9-22)26(4)19-17-7-12-23-18(17)24-15-25-19;1-24(19-16-5-10-21-18(16)22-14-23-19)15-3-6-20(7-4-15)8-11-25(12-9-20)17(26)13-27-2;1-22(16-14-4-9-19-15(14)20-12-21-16)13-2-5-17(6-3-13)7-10-18-11-8-17;1-15(2,3)20-14(19)18-11-9-16(10-12-18)7-5-13(17-4)6-8-16;1-14(2,3)19-13(18)16-10-8-15(9-11-16)6-4-12(17)5-7-15;7-5-4-1-2-8-6(4)10-3-9-5;1-2-3-4-5;1-6-2-3(4)5;3-2(4,5)1-6/h7,12,15-16H,5-6,8-11,13-14H2,1-4H3,(H,23,24,25);5,10,14-15H,3-4,6-9,11-13H2,1-2H3,(H,21,22,23);4,9,12-13,18H,2-3,5-8,10-11H2,1H3,(H,19,20,21);13,17H,5-12H2,1-4H3;4-11H2,1-3H3;1-3H,(H,8,9,10);5H,2-4H2,1H3;2H2,1H3;1H. The van der Waals surface area contributed by atoms with Crippen LogP contribution >= 0.6 is 23.2 Å². The van der Waals surface area contributed by atoms with Gasteiger partial charge < -0.3 is 93.7 Å². The Morgan fingerprint density at radius 1 is 0.458 bits per heavy atom. The van der Waals surface area contributed by atoms with E-state index < -0.39 is 34.5 Å². The van der Waals surface area contributed by atoms with Gasteiger partial charge in [-0.1, -0.05) is 24.9 Å². The zero-order valence-electron chi connectivity index (χ0n) is 88.1. The first kappa shape index (κ1) is 116. The van der Waals surface area contributed by atoms with E-state index in [9.17, 15) is 41.9 Å². The number of aliphatic hydroxyl groups is 1. The van der Waals surface area contributed by atoms with Crippen molar-refractivity contribution in [3.05, 3.63) is 79.5 Å². The minimum atomic E-state index is -4.64. The number of aromatic amines is 4. The number of nitrogens with one attached hydrogen (secondary N) is 6. The molecule has 5 saturated carbocycles. The lowest BCUT2D eigenvalue weighted by molar-refractivity contribution is -0.156. The maximum Gasteiger partial charge on any atom is 0.446 e. The second-order valence-electron chi connectivity index (χ2n) is 43.8. The van der Waals surface area contributed by atoms with Crippen molar-refractivity contribution in [2.24, 2.45) is 27.1 Å². The summed E-state index contributed by atoms with van der Waals surface area (Å²) < 4.78 is 57.0. The van der Waals surface area contributed by atoms with Gasteiger partial charge in [0.05, 0.1) is 21.5 Å². The number of hydrogen-bond acceptors (Lipinski definition) is 26. The van der Waals surface area contributed by atoms with Crippen molar-refractivity contribution in [1.29, 1.82) is 0 Å². The van der Waals surface area contributed by atoms with Crippen LogP contribution in [0.25, 0.3) is 44.1 Å². The molecule has 4 amide bonds. The fourth-order valence-corrected chi connectivity index (χ4v) is 22.1. The normalized spacial score (nSPS) is 20.3. The fraction of sp³-hybridized carbons (Fsp3) is 0.705. The van der Waals surface area contributed by atoms with Crippen LogP contribution in [-0.4, -0.2) is 301 Å². The third-order valence-electron chi connectivity index (χ3n) is 30.8. The molecule has 5 aliphatic heterocycles. The van der Waals surface area contributed by atoms with Crippen LogP contribution in [0, 0.1) is 27.1 Å². The predicted octanol–water partition coefficient (Wildman–Crippen LogP) is 19.5. The number of fused-ring (bicyclic) bond motifs is 4. The third-order valence-corrected chi connectivity index (χ3v) is 31.2. The van der Waals surface area contributed by atoms with E-state index in [1.165, 1.54) is 142 Å². The number of amides is 4. The molecule has 800 valence electrons. The summed E-state index contributed by atoms with van der Waals surface area (Å²) in [6, 6.07) is 10.3. The number of carbonyl (C=O) groups is 7. The van der Waals surface area contributed by atoms with Crippen molar-refractivity contribution in [1.82, 2.24) is 90.0 Å². The highest BCUT2D eigenvalue weighted by atomic mass is 35.5. The van der Waals surface area contributed by atoms with Crippen LogP contribution in [-0.2, 0) is 42.9 Å². The van der Waals surface area contributed by atoms with Gasteiger partial charge in [0.2, 0.25) is 17.4 Å². The molecule has 0 aromatic carbocycles. The average Bonchev–Trinajstić information content (AvgIpc) is 1.09. The topological polar surface area (TPSA) is 399 Å². The summed E-state index contributed by atoms with van der Waals surface area (Å²) in [7, 11) is 11.6. The SMILES string of the molecule is CC(C)(C)OC(=O)N1CCC2(CCC(=O)CC2)CC1.CCCCO.CN(c1ncnc2[nH]ccc12)C1CCC2(CC1)CCN(C(=O)OC(C)(C)C)CC2.CN(c1ncnc2[nH]ccc12)C1CCC2(CCNCC2)CC1.CNC1CCC2(CC1)CCN(C(=O)OC(C)(C)C)CC2.COCC(=O)Cl.COCC(=O)N1CCC2(CCC(N(C)c3ncnc4[nH]ccc34)CC2)CC1.Clc1ncnc2[nH]ccc12.O=CC(F)(F)F. The number of ketones is 1. The lowest BCUT2D eigenvalue weighted by Gasteiger charge is -2.47. The van der Waals surface area contributed by atoms with Crippen molar-refractivity contribution >= 4 is 126 Å². The Morgan fingerprint density at radius 3 is 1.02 bits per heavy atom. The summed E-state index contributed by atoms with van der Waals surface area (Å²) in [5.41, 5.74) is 4.47. The number of carbonyl (C=O) groups excluding carboxylic acids is 7. The molecule has 5 spiro atoms. The van der Waals surface area contributed by atoms with Crippen LogP contribution in [0.4, 0.5) is 45.0 Å². The lowest BCUT2D eigenvalue weighted by Crippen LogP contribution is -2.48. The number of anilines is 3. The molecule has 8 aromatic rings. The van der Waals surface area contributed by atoms with Crippen molar-refractivity contribution in [2.45, 2.75) is 322 Å². The van der Waals surface area contributed by atoms with E-state index in [2.05, 4.69) is 143 Å². The smallest absolute Gasteiger partial charge is 0.444 e. The van der Waals surface area contributed by atoms with Gasteiger partial charge in [-0.2, -0.15) is 13.2 Å². The van der Waals surface area contributed by atoms with E-state index in [1.54, 1.807) is 32.3 Å². The third kappa shape index (κ3) is 34.7. The number of Topliss-reactive ketones (excluding diaryl/α,β-unsaturated/α-hetero) is 1. The second kappa shape index (κ2) is 53.8. The molecule has 7 N–H and O–H groups in total. The Morgan fingerprint density at radius 2 is 0.750 bits per heavy atom. The molecule has 13 heterocycles. The van der Waals surface area contributed by atoms with E-state index >= 15 is 0 Å². The molecule has 10 aliphatic rings. The number of aromatic nitrogens is 12. The number of piperidine rings is 5. The second-order valence-corrected chi connectivity index (χ2v) is 44.6. The summed E-state index contributed by atoms with van der Waals surface area (Å²) in [6.45, 7) is 28.9. The molecular formula is C105H162Cl2F3N21O13. The van der Waals surface area contributed by atoms with Crippen LogP contribution in [0.1, 0.15) is 275 Å². The van der Waals surface area contributed by atoms with Crippen LogP contribution in [0.3, 0.4) is 0 Å². The molecule has 0 atom stereocenters. The number of hydrogen-bond donors (Lipinski definition) is 7.